The Morgan fingerprint density at radius 1 is 1.47 bits per heavy atom. The van der Waals surface area contributed by atoms with Crippen LogP contribution in [-0.4, -0.2) is 11.5 Å². The summed E-state index contributed by atoms with van der Waals surface area (Å²) in [5, 5.41) is 11.8. The first kappa shape index (κ1) is 11.1. The van der Waals surface area contributed by atoms with Crippen molar-refractivity contribution < 1.29 is 0 Å². The van der Waals surface area contributed by atoms with E-state index < -0.39 is 0 Å². The third-order valence-electron chi connectivity index (χ3n) is 1.94. The van der Waals surface area contributed by atoms with Crippen LogP contribution in [-0.2, 0) is 0 Å². The van der Waals surface area contributed by atoms with Crippen molar-refractivity contribution in [3.05, 3.63) is 23.9 Å². The van der Waals surface area contributed by atoms with Crippen molar-refractivity contribution in [1.82, 2.24) is 4.98 Å². The second kappa shape index (κ2) is 6.45. The minimum atomic E-state index is 0.621. The lowest BCUT2D eigenvalue weighted by molar-refractivity contribution is 0.787. The molecule has 0 bridgehead atoms. The molecule has 3 nitrogen and oxygen atoms in total. The fourth-order valence-corrected chi connectivity index (χ4v) is 1.17. The molecule has 1 rings (SSSR count). The van der Waals surface area contributed by atoms with Crippen LogP contribution in [0.2, 0.25) is 0 Å². The number of aromatic nitrogens is 1. The van der Waals surface area contributed by atoms with Gasteiger partial charge in [-0.2, -0.15) is 5.26 Å². The highest BCUT2D eigenvalue weighted by Crippen LogP contribution is 2.05. The van der Waals surface area contributed by atoms with Gasteiger partial charge < -0.3 is 5.32 Å². The standard InChI is InChI=1S/C12H13N3/c1-2-3-4-5-7-14-12-9-11(10-13)6-8-15-12/h1,6,8-9H,3-5,7H2,(H,14,15). The Bertz CT molecular complexity index is 385. The summed E-state index contributed by atoms with van der Waals surface area (Å²) in [4.78, 5) is 4.10. The molecule has 0 aliphatic rings. The summed E-state index contributed by atoms with van der Waals surface area (Å²) in [6, 6.07) is 5.49. The van der Waals surface area contributed by atoms with Crippen LogP contribution in [0.5, 0.6) is 0 Å². The largest absolute Gasteiger partial charge is 0.370 e. The molecule has 15 heavy (non-hydrogen) atoms. The molecule has 0 spiro atoms. The second-order valence-electron chi connectivity index (χ2n) is 3.13. The molecule has 0 saturated carbocycles. The first-order valence-electron chi connectivity index (χ1n) is 4.90. The van der Waals surface area contributed by atoms with E-state index in [2.05, 4.69) is 22.3 Å². The molecule has 0 fully saturated rings. The minimum absolute atomic E-state index is 0.621. The summed E-state index contributed by atoms with van der Waals surface area (Å²) in [6.07, 6.45) is 9.61. The van der Waals surface area contributed by atoms with Gasteiger partial charge in [-0.25, -0.2) is 4.98 Å². The van der Waals surface area contributed by atoms with Crippen LogP contribution in [0.4, 0.5) is 5.82 Å². The van der Waals surface area contributed by atoms with Gasteiger partial charge in [-0.1, -0.05) is 0 Å². The highest BCUT2D eigenvalue weighted by atomic mass is 15.0. The summed E-state index contributed by atoms with van der Waals surface area (Å²) < 4.78 is 0. The molecule has 1 aromatic heterocycles. The molecule has 0 aliphatic heterocycles. The normalized spacial score (nSPS) is 8.93. The van der Waals surface area contributed by atoms with E-state index in [1.54, 1.807) is 18.3 Å². The number of hydrogen-bond acceptors (Lipinski definition) is 3. The van der Waals surface area contributed by atoms with Gasteiger partial charge in [0.25, 0.3) is 0 Å². The number of nitrogens with zero attached hydrogens (tertiary/aromatic N) is 2. The summed E-state index contributed by atoms with van der Waals surface area (Å²) in [6.45, 7) is 0.837. The molecular formula is C12H13N3. The fourth-order valence-electron chi connectivity index (χ4n) is 1.17. The van der Waals surface area contributed by atoms with Crippen molar-refractivity contribution in [1.29, 1.82) is 5.26 Å². The number of anilines is 1. The van der Waals surface area contributed by atoms with E-state index in [4.69, 9.17) is 11.7 Å². The molecule has 1 heterocycles. The zero-order valence-corrected chi connectivity index (χ0v) is 8.53. The van der Waals surface area contributed by atoms with Crippen molar-refractivity contribution in [3.63, 3.8) is 0 Å². The SMILES string of the molecule is C#CCCCCNc1cc(C#N)ccn1. The van der Waals surface area contributed by atoms with Crippen LogP contribution in [0, 0.1) is 23.7 Å². The van der Waals surface area contributed by atoms with Crippen molar-refractivity contribution in [2.24, 2.45) is 0 Å². The maximum Gasteiger partial charge on any atom is 0.127 e. The lowest BCUT2D eigenvalue weighted by atomic mass is 10.2. The van der Waals surface area contributed by atoms with Gasteiger partial charge in [0.05, 0.1) is 11.6 Å². The van der Waals surface area contributed by atoms with Crippen LogP contribution < -0.4 is 5.32 Å². The van der Waals surface area contributed by atoms with Gasteiger partial charge in [0.15, 0.2) is 0 Å². The fraction of sp³-hybridized carbons (Fsp3) is 0.333. The molecule has 0 unspecified atom stereocenters. The van der Waals surface area contributed by atoms with Crippen LogP contribution >= 0.6 is 0 Å². The molecule has 3 heteroatoms. The highest BCUT2D eigenvalue weighted by Gasteiger charge is 1.95. The van der Waals surface area contributed by atoms with E-state index in [0.717, 1.165) is 31.6 Å². The Balaban J connectivity index is 2.32. The molecule has 0 saturated heterocycles. The zero-order chi connectivity index (χ0) is 10.9. The maximum atomic E-state index is 8.68. The van der Waals surface area contributed by atoms with Crippen LogP contribution in [0.1, 0.15) is 24.8 Å². The Hall–Kier alpha value is -2.00. The summed E-state index contributed by atoms with van der Waals surface area (Å²) >= 11 is 0. The quantitative estimate of drug-likeness (QED) is 0.584. The van der Waals surface area contributed by atoms with E-state index >= 15 is 0 Å². The Kier molecular flexibility index (Phi) is 4.77. The molecule has 1 aromatic rings. The third-order valence-corrected chi connectivity index (χ3v) is 1.94. The number of terminal acetylenes is 1. The topological polar surface area (TPSA) is 48.7 Å². The van der Waals surface area contributed by atoms with E-state index in [1.165, 1.54) is 0 Å². The molecular weight excluding hydrogens is 186 g/mol. The Morgan fingerprint density at radius 2 is 2.33 bits per heavy atom. The first-order valence-corrected chi connectivity index (χ1v) is 4.90. The van der Waals surface area contributed by atoms with Crippen molar-refractivity contribution in [3.8, 4) is 18.4 Å². The number of rotatable bonds is 5. The Morgan fingerprint density at radius 3 is 3.07 bits per heavy atom. The summed E-state index contributed by atoms with van der Waals surface area (Å²) in [5.41, 5.74) is 0.621. The summed E-state index contributed by atoms with van der Waals surface area (Å²) in [7, 11) is 0. The molecule has 0 amide bonds. The average molecular weight is 199 g/mol. The van der Waals surface area contributed by atoms with E-state index in [9.17, 15) is 0 Å². The Labute approximate surface area is 90.1 Å². The number of nitrogens with one attached hydrogen (secondary N) is 1. The summed E-state index contributed by atoms with van der Waals surface area (Å²) in [5.74, 6) is 3.34. The molecule has 0 aliphatic carbocycles. The zero-order valence-electron chi connectivity index (χ0n) is 8.53. The highest BCUT2D eigenvalue weighted by molar-refractivity contribution is 5.42. The van der Waals surface area contributed by atoms with Crippen molar-refractivity contribution in [2.45, 2.75) is 19.3 Å². The molecule has 0 atom stereocenters. The number of hydrogen-bond donors (Lipinski definition) is 1. The van der Waals surface area contributed by atoms with E-state index in [-0.39, 0.29) is 0 Å². The van der Waals surface area contributed by atoms with Crippen molar-refractivity contribution in [2.75, 3.05) is 11.9 Å². The molecule has 1 N–H and O–H groups in total. The third kappa shape index (κ3) is 4.15. The van der Waals surface area contributed by atoms with Crippen molar-refractivity contribution >= 4 is 5.82 Å². The van der Waals surface area contributed by atoms with Gasteiger partial charge in [0, 0.05) is 19.2 Å². The second-order valence-corrected chi connectivity index (χ2v) is 3.13. The minimum Gasteiger partial charge on any atom is -0.370 e. The van der Waals surface area contributed by atoms with E-state index in [1.807, 2.05) is 0 Å². The van der Waals surface area contributed by atoms with Gasteiger partial charge in [-0.3, -0.25) is 0 Å². The lowest BCUT2D eigenvalue weighted by Gasteiger charge is -2.04. The average Bonchev–Trinajstić information content (AvgIpc) is 2.29. The number of unbranched alkanes of at least 4 members (excludes halogenated alkanes) is 2. The van der Waals surface area contributed by atoms with Crippen LogP contribution in [0.15, 0.2) is 18.3 Å². The lowest BCUT2D eigenvalue weighted by Crippen LogP contribution is -2.03. The molecule has 76 valence electrons. The molecule has 0 aromatic carbocycles. The van der Waals surface area contributed by atoms with Gasteiger partial charge in [-0.15, -0.1) is 12.3 Å². The predicted molar refractivity (Wildman–Crippen MR) is 60.1 cm³/mol. The van der Waals surface area contributed by atoms with Gasteiger partial charge >= 0.3 is 0 Å². The first-order chi connectivity index (χ1) is 7.36. The number of pyridine rings is 1. The monoisotopic (exact) mass is 199 g/mol. The van der Waals surface area contributed by atoms with Gasteiger partial charge in [0.2, 0.25) is 0 Å². The van der Waals surface area contributed by atoms with E-state index in [0.29, 0.717) is 5.56 Å². The van der Waals surface area contributed by atoms with Crippen LogP contribution in [0.25, 0.3) is 0 Å². The smallest absolute Gasteiger partial charge is 0.127 e. The predicted octanol–water partition coefficient (Wildman–Crippen LogP) is 2.17. The maximum absolute atomic E-state index is 8.68. The van der Waals surface area contributed by atoms with Gasteiger partial charge in [0.1, 0.15) is 5.82 Å². The van der Waals surface area contributed by atoms with Gasteiger partial charge in [-0.05, 0) is 25.0 Å². The van der Waals surface area contributed by atoms with Crippen LogP contribution in [0.3, 0.4) is 0 Å². The number of nitriles is 1. The molecule has 0 radical (unpaired) electrons.